The second-order valence-corrected chi connectivity index (χ2v) is 7.73. The monoisotopic (exact) mass is 391 g/mol. The van der Waals surface area contributed by atoms with Gasteiger partial charge in [0.05, 0.1) is 37.0 Å². The minimum absolute atomic E-state index is 0.110. The van der Waals surface area contributed by atoms with Gasteiger partial charge in [-0.2, -0.15) is 0 Å². The van der Waals surface area contributed by atoms with Crippen molar-refractivity contribution in [2.24, 2.45) is 18.1 Å². The van der Waals surface area contributed by atoms with Crippen LogP contribution in [0.2, 0.25) is 0 Å². The van der Waals surface area contributed by atoms with Crippen molar-refractivity contribution in [2.75, 3.05) is 27.3 Å². The Morgan fingerprint density at radius 2 is 1.93 bits per heavy atom. The summed E-state index contributed by atoms with van der Waals surface area (Å²) in [4.78, 5) is 17.3. The summed E-state index contributed by atoms with van der Waals surface area (Å²) in [6.07, 6.45) is 1.70. The van der Waals surface area contributed by atoms with Gasteiger partial charge in [0, 0.05) is 44.1 Å². The molecular formula is C17H21N5O4S. The van der Waals surface area contributed by atoms with E-state index in [2.05, 4.69) is 4.98 Å². The van der Waals surface area contributed by atoms with Crippen LogP contribution in [0.25, 0.3) is 21.9 Å². The van der Waals surface area contributed by atoms with Crippen LogP contribution in [0.3, 0.4) is 0 Å². The zero-order valence-electron chi connectivity index (χ0n) is 15.3. The van der Waals surface area contributed by atoms with Gasteiger partial charge in [0.15, 0.2) is 22.7 Å². The standard InChI is InChI=1S/C17H21N5O4S/c1-20-13-6-19-12-5-15(26-3)14(25-2)4-11(12)16(13)22(17(20)23)9-10-7-21(8-10)27(18)24/h4-6,10H,7-9,18H2,1-3H3. The van der Waals surface area contributed by atoms with Gasteiger partial charge < -0.3 is 9.47 Å². The minimum Gasteiger partial charge on any atom is -0.493 e. The van der Waals surface area contributed by atoms with E-state index in [0.717, 1.165) is 21.9 Å². The SMILES string of the molecule is COc1cc2ncc3c(c2cc1OC)n(CC1CN(S(N)=O)C1)c(=O)n3C. The van der Waals surface area contributed by atoms with Crippen molar-refractivity contribution in [3.63, 3.8) is 0 Å². The van der Waals surface area contributed by atoms with Crippen molar-refractivity contribution in [3.8, 4) is 11.5 Å². The predicted octanol–water partition coefficient (Wildman–Crippen LogP) is 0.375. The number of nitrogens with zero attached hydrogens (tertiary/aromatic N) is 4. The van der Waals surface area contributed by atoms with Crippen molar-refractivity contribution in [2.45, 2.75) is 6.54 Å². The van der Waals surface area contributed by atoms with E-state index in [1.807, 2.05) is 6.07 Å². The Kier molecular flexibility index (Phi) is 4.41. The van der Waals surface area contributed by atoms with Gasteiger partial charge in [-0.05, 0) is 6.07 Å². The Morgan fingerprint density at radius 1 is 1.26 bits per heavy atom. The molecule has 144 valence electrons. The Hall–Kier alpha value is -2.43. The second kappa shape index (κ2) is 6.63. The highest BCUT2D eigenvalue weighted by Gasteiger charge is 2.31. The normalized spacial score (nSPS) is 16.6. The third kappa shape index (κ3) is 2.80. The lowest BCUT2D eigenvalue weighted by atomic mass is 10.0. The maximum Gasteiger partial charge on any atom is 0.328 e. The zero-order valence-corrected chi connectivity index (χ0v) is 16.2. The number of nitrogens with two attached hydrogens (primary N) is 1. The minimum atomic E-state index is -1.46. The lowest BCUT2D eigenvalue weighted by molar-refractivity contribution is 0.188. The summed E-state index contributed by atoms with van der Waals surface area (Å²) in [6.45, 7) is 1.73. The number of imidazole rings is 1. The molecule has 4 rings (SSSR count). The molecule has 10 heteroatoms. The van der Waals surface area contributed by atoms with Crippen molar-refractivity contribution in [3.05, 3.63) is 28.8 Å². The number of ether oxygens (including phenoxy) is 2. The van der Waals surface area contributed by atoms with Crippen LogP contribution in [0.15, 0.2) is 23.1 Å². The molecule has 1 aliphatic rings. The van der Waals surface area contributed by atoms with E-state index in [1.54, 1.807) is 47.0 Å². The van der Waals surface area contributed by atoms with Crippen LogP contribution >= 0.6 is 0 Å². The molecule has 1 saturated heterocycles. The summed E-state index contributed by atoms with van der Waals surface area (Å²) < 4.78 is 27.1. The molecule has 0 bridgehead atoms. The van der Waals surface area contributed by atoms with Crippen LogP contribution in [0.5, 0.6) is 11.5 Å². The Bertz CT molecular complexity index is 1120. The van der Waals surface area contributed by atoms with Crippen molar-refractivity contribution in [1.29, 1.82) is 0 Å². The van der Waals surface area contributed by atoms with E-state index in [4.69, 9.17) is 14.6 Å². The molecule has 1 atom stereocenters. The van der Waals surface area contributed by atoms with Gasteiger partial charge in [-0.1, -0.05) is 0 Å². The van der Waals surface area contributed by atoms with Crippen molar-refractivity contribution >= 4 is 33.1 Å². The fourth-order valence-electron chi connectivity index (χ4n) is 3.62. The second-order valence-electron chi connectivity index (χ2n) is 6.66. The molecule has 1 aliphatic heterocycles. The molecule has 3 heterocycles. The molecule has 0 spiro atoms. The van der Waals surface area contributed by atoms with Gasteiger partial charge in [-0.3, -0.25) is 14.1 Å². The summed E-state index contributed by atoms with van der Waals surface area (Å²) in [5.74, 6) is 1.38. The van der Waals surface area contributed by atoms with Crippen molar-refractivity contribution in [1.82, 2.24) is 18.4 Å². The highest BCUT2D eigenvalue weighted by atomic mass is 32.2. The summed E-state index contributed by atoms with van der Waals surface area (Å²) in [7, 11) is 4.88. The largest absolute Gasteiger partial charge is 0.493 e. The maximum atomic E-state index is 12.8. The molecule has 3 aromatic rings. The first-order valence-electron chi connectivity index (χ1n) is 8.45. The molecule has 0 saturated carbocycles. The molecule has 0 aliphatic carbocycles. The first-order valence-corrected chi connectivity index (χ1v) is 9.62. The van der Waals surface area contributed by atoms with Crippen LogP contribution in [-0.2, 0) is 24.8 Å². The molecule has 1 aromatic carbocycles. The molecule has 2 N–H and O–H groups in total. The number of aromatic nitrogens is 3. The van der Waals surface area contributed by atoms with Gasteiger partial charge in [0.2, 0.25) is 0 Å². The van der Waals surface area contributed by atoms with E-state index in [1.165, 1.54) is 0 Å². The van der Waals surface area contributed by atoms with E-state index in [9.17, 15) is 9.00 Å². The molecule has 9 nitrogen and oxygen atoms in total. The molecule has 2 aromatic heterocycles. The lowest BCUT2D eigenvalue weighted by Crippen LogP contribution is -2.51. The highest BCUT2D eigenvalue weighted by Crippen LogP contribution is 2.34. The van der Waals surface area contributed by atoms with E-state index in [-0.39, 0.29) is 11.6 Å². The summed E-state index contributed by atoms with van der Waals surface area (Å²) in [5, 5.41) is 6.22. The number of methoxy groups -OCH3 is 2. The van der Waals surface area contributed by atoms with E-state index < -0.39 is 11.2 Å². The molecular weight excluding hydrogens is 370 g/mol. The fourth-order valence-corrected chi connectivity index (χ4v) is 4.33. The van der Waals surface area contributed by atoms with Crippen LogP contribution < -0.4 is 20.3 Å². The Balaban J connectivity index is 1.87. The van der Waals surface area contributed by atoms with Crippen LogP contribution in [0.1, 0.15) is 0 Å². The lowest BCUT2D eigenvalue weighted by Gasteiger charge is -2.36. The molecule has 0 radical (unpaired) electrons. The smallest absolute Gasteiger partial charge is 0.328 e. The van der Waals surface area contributed by atoms with Gasteiger partial charge in [-0.15, -0.1) is 0 Å². The maximum absolute atomic E-state index is 12.8. The number of fused-ring (bicyclic) bond motifs is 3. The fraction of sp³-hybridized carbons (Fsp3) is 0.412. The van der Waals surface area contributed by atoms with Crippen LogP contribution in [0.4, 0.5) is 0 Å². The first kappa shape index (κ1) is 18.0. The Morgan fingerprint density at radius 3 is 2.56 bits per heavy atom. The average Bonchev–Trinajstić information content (AvgIpc) is 2.87. The number of pyridine rings is 1. The van der Waals surface area contributed by atoms with Crippen molar-refractivity contribution < 1.29 is 13.7 Å². The number of aryl methyl sites for hydroxylation is 1. The summed E-state index contributed by atoms with van der Waals surface area (Å²) in [5.41, 5.74) is 2.17. The van der Waals surface area contributed by atoms with E-state index in [0.29, 0.717) is 31.1 Å². The zero-order chi connectivity index (χ0) is 19.3. The Labute approximate surface area is 158 Å². The number of rotatable bonds is 5. The van der Waals surface area contributed by atoms with Gasteiger partial charge in [-0.25, -0.2) is 18.4 Å². The first-order chi connectivity index (χ1) is 12.9. The average molecular weight is 391 g/mol. The van der Waals surface area contributed by atoms with Crippen LogP contribution in [0, 0.1) is 5.92 Å². The number of hydrogen-bond acceptors (Lipinski definition) is 5. The van der Waals surface area contributed by atoms with Gasteiger partial charge in [0.1, 0.15) is 0 Å². The predicted molar refractivity (Wildman–Crippen MR) is 103 cm³/mol. The third-order valence-electron chi connectivity index (χ3n) is 5.09. The third-order valence-corrected chi connectivity index (χ3v) is 5.90. The van der Waals surface area contributed by atoms with Gasteiger partial charge in [0.25, 0.3) is 0 Å². The van der Waals surface area contributed by atoms with Gasteiger partial charge >= 0.3 is 5.69 Å². The topological polar surface area (TPSA) is 105 Å². The summed E-state index contributed by atoms with van der Waals surface area (Å²) in [6, 6.07) is 3.65. The summed E-state index contributed by atoms with van der Waals surface area (Å²) >= 11 is -1.46. The van der Waals surface area contributed by atoms with E-state index >= 15 is 0 Å². The number of benzene rings is 1. The highest BCUT2D eigenvalue weighted by molar-refractivity contribution is 7.80. The molecule has 0 amide bonds. The molecule has 27 heavy (non-hydrogen) atoms. The quantitative estimate of drug-likeness (QED) is 0.677. The van der Waals surface area contributed by atoms with Crippen LogP contribution in [-0.4, -0.2) is 49.9 Å². The molecule has 1 unspecified atom stereocenters. The number of hydrogen-bond donors (Lipinski definition) is 1. The molecule has 1 fully saturated rings.